The molecule has 1 heterocycles. The van der Waals surface area contributed by atoms with Crippen LogP contribution in [0.4, 0.5) is 22.0 Å². The zero-order valence-corrected chi connectivity index (χ0v) is 10.4. The Hall–Kier alpha value is -2.21. The number of halogens is 1. The molecule has 2 rings (SSSR count). The number of urea groups is 1. The summed E-state index contributed by atoms with van der Waals surface area (Å²) in [5.74, 6) is 0.439. The first-order valence-electron chi connectivity index (χ1n) is 5.17. The second-order valence-electron chi connectivity index (χ2n) is 3.66. The predicted octanol–water partition coefficient (Wildman–Crippen LogP) is 2.30. The summed E-state index contributed by atoms with van der Waals surface area (Å²) in [5, 5.41) is 9.72. The van der Waals surface area contributed by atoms with E-state index < -0.39 is 6.03 Å². The van der Waals surface area contributed by atoms with E-state index in [1.54, 1.807) is 31.3 Å². The molecule has 0 unspecified atom stereocenters. The lowest BCUT2D eigenvalue weighted by molar-refractivity contribution is 0.262. The van der Waals surface area contributed by atoms with E-state index in [-0.39, 0.29) is 0 Å². The Morgan fingerprint density at radius 1 is 1.44 bits per heavy atom. The van der Waals surface area contributed by atoms with Gasteiger partial charge in [0, 0.05) is 17.8 Å². The summed E-state index contributed by atoms with van der Waals surface area (Å²) in [6.07, 6.45) is 1.47. The Morgan fingerprint density at radius 3 is 2.83 bits per heavy atom. The van der Waals surface area contributed by atoms with E-state index in [2.05, 4.69) is 15.7 Å². The van der Waals surface area contributed by atoms with Crippen LogP contribution < -0.4 is 16.4 Å². The number of carbonyl (C=O) groups excluding carboxylic acids is 1. The summed E-state index contributed by atoms with van der Waals surface area (Å²) < 4.78 is 1.48. The lowest BCUT2D eigenvalue weighted by Crippen LogP contribution is -2.21. The minimum Gasteiger partial charge on any atom is -0.394 e. The first-order chi connectivity index (χ1) is 8.56. The van der Waals surface area contributed by atoms with Crippen molar-refractivity contribution in [2.45, 2.75) is 0 Å². The van der Waals surface area contributed by atoms with Gasteiger partial charge >= 0.3 is 6.03 Å². The highest BCUT2D eigenvalue weighted by Crippen LogP contribution is 2.18. The van der Waals surface area contributed by atoms with E-state index in [4.69, 9.17) is 17.3 Å². The van der Waals surface area contributed by atoms with Crippen LogP contribution in [0.2, 0.25) is 5.02 Å². The average Bonchev–Trinajstić information content (AvgIpc) is 2.61. The van der Waals surface area contributed by atoms with E-state index in [1.807, 2.05) is 0 Å². The van der Waals surface area contributed by atoms with Gasteiger partial charge in [-0.05, 0) is 18.2 Å². The molecule has 6 nitrogen and oxygen atoms in total. The molecule has 0 atom stereocenters. The van der Waals surface area contributed by atoms with Crippen LogP contribution in [0.1, 0.15) is 0 Å². The van der Waals surface area contributed by atoms with Crippen molar-refractivity contribution >= 4 is 34.8 Å². The summed E-state index contributed by atoms with van der Waals surface area (Å²) in [6.45, 7) is 0. The molecule has 2 aromatic rings. The maximum atomic E-state index is 11.7. The highest BCUT2D eigenvalue weighted by molar-refractivity contribution is 6.30. The number of amides is 2. The van der Waals surface area contributed by atoms with Gasteiger partial charge in [-0.3, -0.25) is 10.00 Å². The molecule has 4 N–H and O–H groups in total. The molecule has 7 heteroatoms. The Morgan fingerprint density at radius 2 is 2.22 bits per heavy atom. The van der Waals surface area contributed by atoms with Gasteiger partial charge in [0.1, 0.15) is 0 Å². The average molecular weight is 266 g/mol. The molecular formula is C11H12ClN5O. The number of hydrogen-bond donors (Lipinski definition) is 3. The highest BCUT2D eigenvalue weighted by atomic mass is 35.5. The van der Waals surface area contributed by atoms with E-state index in [9.17, 15) is 4.79 Å². The van der Waals surface area contributed by atoms with Crippen LogP contribution in [0, 0.1) is 0 Å². The number of hydrogen-bond acceptors (Lipinski definition) is 3. The number of nitrogens with one attached hydrogen (secondary N) is 2. The van der Waals surface area contributed by atoms with Gasteiger partial charge in [0.2, 0.25) is 0 Å². The third-order valence-corrected chi connectivity index (χ3v) is 2.52. The molecule has 0 spiro atoms. The van der Waals surface area contributed by atoms with Crippen molar-refractivity contribution in [3.8, 4) is 0 Å². The van der Waals surface area contributed by atoms with E-state index in [0.717, 1.165) is 0 Å². The molecule has 0 fully saturated rings. The molecule has 2 amide bonds. The SMILES string of the molecule is Cn1ncc(N)c1NC(=O)Nc1cccc(Cl)c1. The Balaban J connectivity index is 2.06. The van der Waals surface area contributed by atoms with E-state index >= 15 is 0 Å². The molecule has 0 aliphatic heterocycles. The van der Waals surface area contributed by atoms with Crippen molar-refractivity contribution in [2.75, 3.05) is 16.4 Å². The standard InChI is InChI=1S/C11H12ClN5O/c1-17-10(9(13)6-14-17)16-11(18)15-8-4-2-3-7(12)5-8/h2-6H,13H2,1H3,(H2,15,16,18). The van der Waals surface area contributed by atoms with Crippen molar-refractivity contribution < 1.29 is 4.79 Å². The minimum atomic E-state index is -0.410. The summed E-state index contributed by atoms with van der Waals surface area (Å²) in [4.78, 5) is 11.7. The molecule has 0 aliphatic rings. The summed E-state index contributed by atoms with van der Waals surface area (Å²) >= 11 is 5.82. The number of nitrogens with zero attached hydrogens (tertiary/aromatic N) is 2. The monoisotopic (exact) mass is 265 g/mol. The molecule has 1 aromatic carbocycles. The normalized spacial score (nSPS) is 10.1. The quantitative estimate of drug-likeness (QED) is 0.779. The van der Waals surface area contributed by atoms with Crippen LogP contribution in [-0.4, -0.2) is 15.8 Å². The number of nitrogens with two attached hydrogens (primary N) is 1. The number of carbonyl (C=O) groups is 1. The fraction of sp³-hybridized carbons (Fsp3) is 0.0909. The number of anilines is 3. The fourth-order valence-corrected chi connectivity index (χ4v) is 1.63. The molecule has 0 radical (unpaired) electrons. The zero-order chi connectivity index (χ0) is 13.1. The first-order valence-corrected chi connectivity index (χ1v) is 5.55. The van der Waals surface area contributed by atoms with Gasteiger partial charge in [0.25, 0.3) is 0 Å². The topological polar surface area (TPSA) is 85.0 Å². The molecule has 0 saturated carbocycles. The Kier molecular flexibility index (Phi) is 3.38. The lowest BCUT2D eigenvalue weighted by atomic mass is 10.3. The van der Waals surface area contributed by atoms with Crippen molar-refractivity contribution in [3.05, 3.63) is 35.5 Å². The predicted molar refractivity (Wildman–Crippen MR) is 71.7 cm³/mol. The number of rotatable bonds is 2. The number of benzene rings is 1. The van der Waals surface area contributed by atoms with Crippen LogP contribution in [0.3, 0.4) is 0 Å². The van der Waals surface area contributed by atoms with Crippen molar-refractivity contribution in [1.82, 2.24) is 9.78 Å². The van der Waals surface area contributed by atoms with Gasteiger partial charge in [-0.2, -0.15) is 5.10 Å². The van der Waals surface area contributed by atoms with Crippen molar-refractivity contribution in [1.29, 1.82) is 0 Å². The number of aromatic nitrogens is 2. The van der Waals surface area contributed by atoms with E-state index in [1.165, 1.54) is 10.9 Å². The summed E-state index contributed by atoms with van der Waals surface area (Å²) in [6, 6.07) is 6.44. The summed E-state index contributed by atoms with van der Waals surface area (Å²) in [7, 11) is 1.69. The second kappa shape index (κ2) is 4.97. The van der Waals surface area contributed by atoms with Crippen molar-refractivity contribution in [3.63, 3.8) is 0 Å². The molecule has 0 saturated heterocycles. The Bertz CT molecular complexity index is 561. The molecule has 0 bridgehead atoms. The van der Waals surface area contributed by atoms with Gasteiger partial charge in [-0.1, -0.05) is 17.7 Å². The van der Waals surface area contributed by atoms with Gasteiger partial charge in [0.05, 0.1) is 11.9 Å². The van der Waals surface area contributed by atoms with Crippen LogP contribution in [0.25, 0.3) is 0 Å². The molecule has 94 valence electrons. The smallest absolute Gasteiger partial charge is 0.324 e. The lowest BCUT2D eigenvalue weighted by Gasteiger charge is -2.08. The van der Waals surface area contributed by atoms with Crippen LogP contribution in [0.5, 0.6) is 0 Å². The van der Waals surface area contributed by atoms with Gasteiger partial charge in [0.15, 0.2) is 5.82 Å². The largest absolute Gasteiger partial charge is 0.394 e. The van der Waals surface area contributed by atoms with Crippen LogP contribution >= 0.6 is 11.6 Å². The van der Waals surface area contributed by atoms with Crippen LogP contribution in [-0.2, 0) is 7.05 Å². The highest BCUT2D eigenvalue weighted by Gasteiger charge is 2.09. The summed E-state index contributed by atoms with van der Waals surface area (Å²) in [5.41, 5.74) is 6.66. The third kappa shape index (κ3) is 2.72. The van der Waals surface area contributed by atoms with Crippen molar-refractivity contribution in [2.24, 2.45) is 7.05 Å². The maximum Gasteiger partial charge on any atom is 0.324 e. The van der Waals surface area contributed by atoms with Gasteiger partial charge in [-0.15, -0.1) is 0 Å². The minimum absolute atomic E-state index is 0.402. The molecule has 0 aliphatic carbocycles. The van der Waals surface area contributed by atoms with Crippen LogP contribution in [0.15, 0.2) is 30.5 Å². The third-order valence-electron chi connectivity index (χ3n) is 2.28. The number of nitrogen functional groups attached to an aromatic ring is 1. The van der Waals surface area contributed by atoms with E-state index in [0.29, 0.717) is 22.2 Å². The maximum absolute atomic E-state index is 11.7. The number of aryl methyl sites for hydroxylation is 1. The first kappa shape index (κ1) is 12.3. The zero-order valence-electron chi connectivity index (χ0n) is 9.64. The fourth-order valence-electron chi connectivity index (χ4n) is 1.44. The molecule has 18 heavy (non-hydrogen) atoms. The molecule has 1 aromatic heterocycles. The molecular weight excluding hydrogens is 254 g/mol. The second-order valence-corrected chi connectivity index (χ2v) is 4.10. The van der Waals surface area contributed by atoms with Gasteiger partial charge < -0.3 is 11.1 Å². The van der Waals surface area contributed by atoms with Gasteiger partial charge in [-0.25, -0.2) is 4.79 Å². The Labute approximate surface area is 109 Å².